The van der Waals surface area contributed by atoms with E-state index in [-0.39, 0.29) is 5.91 Å². The molecule has 0 fully saturated rings. The summed E-state index contributed by atoms with van der Waals surface area (Å²) in [4.78, 5) is 14.2. The molecular weight excluding hydrogens is 294 g/mol. The molecule has 1 amide bonds. The van der Waals surface area contributed by atoms with E-state index in [1.165, 1.54) is 10.8 Å². The van der Waals surface area contributed by atoms with Gasteiger partial charge in [0.15, 0.2) is 0 Å². The van der Waals surface area contributed by atoms with Crippen LogP contribution in [0, 0.1) is 0 Å². The second kappa shape index (κ2) is 6.20. The van der Waals surface area contributed by atoms with Crippen molar-refractivity contribution in [1.29, 1.82) is 0 Å². The summed E-state index contributed by atoms with van der Waals surface area (Å²) < 4.78 is 0. The van der Waals surface area contributed by atoms with E-state index in [0.29, 0.717) is 17.1 Å². The average molecular weight is 310 g/mol. The summed E-state index contributed by atoms with van der Waals surface area (Å²) in [6.45, 7) is 0.562. The highest BCUT2D eigenvalue weighted by molar-refractivity contribution is 6.30. The first-order valence-corrected chi connectivity index (χ1v) is 7.50. The van der Waals surface area contributed by atoms with Crippen molar-refractivity contribution in [2.45, 2.75) is 6.54 Å². The Morgan fingerprint density at radius 1 is 1.00 bits per heavy atom. The zero-order valence-electron chi connectivity index (χ0n) is 12.3. The minimum absolute atomic E-state index is 0.0320. The molecule has 0 aliphatic rings. The molecule has 0 aliphatic carbocycles. The highest BCUT2D eigenvalue weighted by atomic mass is 35.5. The second-order valence-corrected chi connectivity index (χ2v) is 5.75. The van der Waals surface area contributed by atoms with E-state index in [1.807, 2.05) is 25.2 Å². The SMILES string of the molecule is CN(Cc1cccc2ccccc12)C(=O)c1cccc(Cl)c1. The van der Waals surface area contributed by atoms with Crippen molar-refractivity contribution in [1.82, 2.24) is 4.90 Å². The van der Waals surface area contributed by atoms with Crippen molar-refractivity contribution in [3.05, 3.63) is 82.9 Å². The largest absolute Gasteiger partial charge is 0.337 e. The average Bonchev–Trinajstić information content (AvgIpc) is 2.54. The van der Waals surface area contributed by atoms with E-state index < -0.39 is 0 Å². The Morgan fingerprint density at radius 3 is 2.55 bits per heavy atom. The molecule has 2 nitrogen and oxygen atoms in total. The van der Waals surface area contributed by atoms with Gasteiger partial charge in [0.25, 0.3) is 5.91 Å². The second-order valence-electron chi connectivity index (χ2n) is 5.31. The summed E-state index contributed by atoms with van der Waals surface area (Å²) in [6, 6.07) is 21.4. The van der Waals surface area contributed by atoms with Crippen molar-refractivity contribution < 1.29 is 4.79 Å². The fraction of sp³-hybridized carbons (Fsp3) is 0.105. The minimum atomic E-state index is -0.0320. The summed E-state index contributed by atoms with van der Waals surface area (Å²) in [5.41, 5.74) is 1.74. The van der Waals surface area contributed by atoms with E-state index in [1.54, 1.807) is 29.2 Å². The first kappa shape index (κ1) is 14.6. The van der Waals surface area contributed by atoms with Crippen molar-refractivity contribution in [2.24, 2.45) is 0 Å². The molecule has 0 aliphatic heterocycles. The number of hydrogen-bond donors (Lipinski definition) is 0. The number of hydrogen-bond acceptors (Lipinski definition) is 1. The van der Waals surface area contributed by atoms with Gasteiger partial charge in [-0.25, -0.2) is 0 Å². The van der Waals surface area contributed by atoms with Crippen LogP contribution in [-0.2, 0) is 6.54 Å². The molecule has 0 spiro atoms. The maximum absolute atomic E-state index is 12.5. The van der Waals surface area contributed by atoms with Crippen LogP contribution in [0.2, 0.25) is 5.02 Å². The van der Waals surface area contributed by atoms with Gasteiger partial charge in [0, 0.05) is 24.2 Å². The van der Waals surface area contributed by atoms with E-state index in [9.17, 15) is 4.79 Å². The van der Waals surface area contributed by atoms with Crippen LogP contribution in [0.15, 0.2) is 66.7 Å². The van der Waals surface area contributed by atoms with Crippen LogP contribution < -0.4 is 0 Å². The van der Waals surface area contributed by atoms with E-state index in [2.05, 4.69) is 24.3 Å². The molecule has 0 atom stereocenters. The van der Waals surface area contributed by atoms with Crippen LogP contribution in [-0.4, -0.2) is 17.9 Å². The van der Waals surface area contributed by atoms with Gasteiger partial charge in [-0.05, 0) is 34.5 Å². The summed E-state index contributed by atoms with van der Waals surface area (Å²) in [7, 11) is 1.81. The van der Waals surface area contributed by atoms with Crippen LogP contribution in [0.4, 0.5) is 0 Å². The van der Waals surface area contributed by atoms with Gasteiger partial charge in [-0.1, -0.05) is 60.1 Å². The van der Waals surface area contributed by atoms with E-state index in [4.69, 9.17) is 11.6 Å². The van der Waals surface area contributed by atoms with Crippen LogP contribution in [0.5, 0.6) is 0 Å². The maximum atomic E-state index is 12.5. The van der Waals surface area contributed by atoms with Crippen LogP contribution in [0.1, 0.15) is 15.9 Å². The third-order valence-corrected chi connectivity index (χ3v) is 3.94. The van der Waals surface area contributed by atoms with Crippen molar-refractivity contribution in [3.8, 4) is 0 Å². The molecule has 3 heteroatoms. The quantitative estimate of drug-likeness (QED) is 0.682. The number of benzene rings is 3. The molecule has 0 saturated carbocycles. The van der Waals surface area contributed by atoms with Crippen LogP contribution in [0.3, 0.4) is 0 Å². The van der Waals surface area contributed by atoms with Crippen LogP contribution >= 0.6 is 11.6 Å². The summed E-state index contributed by atoms with van der Waals surface area (Å²) in [5.74, 6) is -0.0320. The Hall–Kier alpha value is -2.32. The van der Waals surface area contributed by atoms with Gasteiger partial charge in [0.2, 0.25) is 0 Å². The Balaban J connectivity index is 1.87. The van der Waals surface area contributed by atoms with Crippen molar-refractivity contribution in [2.75, 3.05) is 7.05 Å². The molecule has 22 heavy (non-hydrogen) atoms. The number of carbonyl (C=O) groups excluding carboxylic acids is 1. The molecule has 3 aromatic carbocycles. The Labute approximate surface area is 134 Å². The number of rotatable bonds is 3. The molecule has 3 rings (SSSR count). The van der Waals surface area contributed by atoms with Gasteiger partial charge in [-0.2, -0.15) is 0 Å². The first-order chi connectivity index (χ1) is 10.6. The third kappa shape index (κ3) is 2.97. The fourth-order valence-corrected chi connectivity index (χ4v) is 2.79. The fourth-order valence-electron chi connectivity index (χ4n) is 2.60. The number of carbonyl (C=O) groups is 1. The third-order valence-electron chi connectivity index (χ3n) is 3.71. The smallest absolute Gasteiger partial charge is 0.253 e. The van der Waals surface area contributed by atoms with E-state index in [0.717, 1.165) is 5.56 Å². The number of nitrogens with zero attached hydrogens (tertiary/aromatic N) is 1. The Bertz CT molecular complexity index is 823. The van der Waals surface area contributed by atoms with Crippen LogP contribution in [0.25, 0.3) is 10.8 Å². The Morgan fingerprint density at radius 2 is 1.73 bits per heavy atom. The number of fused-ring (bicyclic) bond motifs is 1. The standard InChI is InChI=1S/C19H16ClNO/c1-21(19(22)15-8-5-10-17(20)12-15)13-16-9-4-7-14-6-2-3-11-18(14)16/h2-12H,13H2,1H3. The number of amides is 1. The molecule has 110 valence electrons. The molecule has 0 N–H and O–H groups in total. The lowest BCUT2D eigenvalue weighted by Gasteiger charge is -2.18. The lowest BCUT2D eigenvalue weighted by Crippen LogP contribution is -2.26. The molecule has 0 bridgehead atoms. The molecule has 3 aromatic rings. The first-order valence-electron chi connectivity index (χ1n) is 7.13. The monoisotopic (exact) mass is 309 g/mol. The van der Waals surface area contributed by atoms with Crippen molar-refractivity contribution in [3.63, 3.8) is 0 Å². The van der Waals surface area contributed by atoms with Crippen molar-refractivity contribution >= 4 is 28.3 Å². The predicted molar refractivity (Wildman–Crippen MR) is 91.2 cm³/mol. The molecular formula is C19H16ClNO. The maximum Gasteiger partial charge on any atom is 0.253 e. The van der Waals surface area contributed by atoms with Gasteiger partial charge in [-0.3, -0.25) is 4.79 Å². The minimum Gasteiger partial charge on any atom is -0.337 e. The lowest BCUT2D eigenvalue weighted by atomic mass is 10.0. The van der Waals surface area contributed by atoms with Gasteiger partial charge < -0.3 is 4.90 Å². The zero-order chi connectivity index (χ0) is 15.5. The lowest BCUT2D eigenvalue weighted by molar-refractivity contribution is 0.0785. The molecule has 0 radical (unpaired) electrons. The highest BCUT2D eigenvalue weighted by Crippen LogP contribution is 2.20. The number of halogens is 1. The highest BCUT2D eigenvalue weighted by Gasteiger charge is 2.13. The zero-order valence-corrected chi connectivity index (χ0v) is 13.0. The molecule has 0 heterocycles. The molecule has 0 saturated heterocycles. The molecule has 0 aromatic heterocycles. The topological polar surface area (TPSA) is 20.3 Å². The van der Waals surface area contributed by atoms with Gasteiger partial charge in [0.1, 0.15) is 0 Å². The predicted octanol–water partition coefficient (Wildman–Crippen LogP) is 4.77. The molecule has 0 unspecified atom stereocenters. The van der Waals surface area contributed by atoms with Gasteiger partial charge in [0.05, 0.1) is 0 Å². The normalized spacial score (nSPS) is 10.6. The summed E-state index contributed by atoms with van der Waals surface area (Å²) >= 11 is 5.96. The van der Waals surface area contributed by atoms with E-state index >= 15 is 0 Å². The van der Waals surface area contributed by atoms with Gasteiger partial charge in [-0.15, -0.1) is 0 Å². The summed E-state index contributed by atoms with van der Waals surface area (Å²) in [6.07, 6.45) is 0. The Kier molecular flexibility index (Phi) is 4.12. The summed E-state index contributed by atoms with van der Waals surface area (Å²) in [5, 5.41) is 2.93. The van der Waals surface area contributed by atoms with Gasteiger partial charge >= 0.3 is 0 Å².